The van der Waals surface area contributed by atoms with E-state index in [4.69, 9.17) is 15.2 Å². The highest BCUT2D eigenvalue weighted by molar-refractivity contribution is 5.96. The van der Waals surface area contributed by atoms with Gasteiger partial charge in [-0.3, -0.25) is 0 Å². The van der Waals surface area contributed by atoms with Crippen molar-refractivity contribution >= 4 is 28.5 Å². The van der Waals surface area contributed by atoms with E-state index < -0.39 is 0 Å². The Kier molecular flexibility index (Phi) is 4.91. The lowest BCUT2D eigenvalue weighted by atomic mass is 10.0. The summed E-state index contributed by atoms with van der Waals surface area (Å²) >= 11 is 0. The second kappa shape index (κ2) is 7.75. The van der Waals surface area contributed by atoms with Crippen LogP contribution >= 0.6 is 0 Å². The zero-order valence-electron chi connectivity index (χ0n) is 18.3. The molecule has 0 amide bonds. The molecule has 1 aromatic heterocycles. The Balaban J connectivity index is 1.67. The van der Waals surface area contributed by atoms with Crippen molar-refractivity contribution in [2.45, 2.75) is 26.3 Å². The van der Waals surface area contributed by atoms with Crippen molar-refractivity contribution in [1.82, 2.24) is 4.68 Å². The van der Waals surface area contributed by atoms with Crippen molar-refractivity contribution in [2.75, 3.05) is 20.8 Å². The van der Waals surface area contributed by atoms with E-state index in [1.807, 2.05) is 12.1 Å². The Morgan fingerprint density at radius 1 is 1.10 bits per heavy atom. The molecule has 0 saturated carbocycles. The summed E-state index contributed by atoms with van der Waals surface area (Å²) < 4.78 is 15.8. The van der Waals surface area contributed by atoms with Gasteiger partial charge in [0.2, 0.25) is 11.4 Å². The SMILES string of the molecule is COc1ccc2c(OC)ccc(/C=C/C3=[n+]4c(c(CCN)c5n4CCC=5)C(C)=C3)c2c1. The minimum atomic E-state index is 0.663. The smallest absolute Gasteiger partial charge is 0.245 e. The van der Waals surface area contributed by atoms with Gasteiger partial charge in [0.15, 0.2) is 0 Å². The predicted molar refractivity (Wildman–Crippen MR) is 124 cm³/mol. The minimum Gasteiger partial charge on any atom is -0.497 e. The van der Waals surface area contributed by atoms with Crippen LogP contribution in [0.2, 0.25) is 0 Å². The Morgan fingerprint density at radius 3 is 2.74 bits per heavy atom. The van der Waals surface area contributed by atoms with Gasteiger partial charge in [-0.25, -0.2) is 0 Å². The molecule has 0 radical (unpaired) electrons. The van der Waals surface area contributed by atoms with Gasteiger partial charge >= 0.3 is 0 Å². The van der Waals surface area contributed by atoms with Gasteiger partial charge in [0.05, 0.1) is 26.3 Å². The third-order valence-corrected chi connectivity index (χ3v) is 6.25. The summed E-state index contributed by atoms with van der Waals surface area (Å²) in [6.07, 6.45) is 11.0. The molecule has 2 aliphatic rings. The molecule has 31 heavy (non-hydrogen) atoms. The van der Waals surface area contributed by atoms with Gasteiger partial charge in [0.25, 0.3) is 0 Å². The van der Waals surface area contributed by atoms with Crippen LogP contribution in [0.5, 0.6) is 11.5 Å². The molecule has 158 valence electrons. The lowest BCUT2D eigenvalue weighted by Gasteiger charge is -2.09. The van der Waals surface area contributed by atoms with E-state index >= 15 is 0 Å². The molecule has 2 aliphatic heterocycles. The highest BCUT2D eigenvalue weighted by atomic mass is 16.5. The molecule has 0 fully saturated rings. The Morgan fingerprint density at radius 2 is 1.97 bits per heavy atom. The Bertz CT molecular complexity index is 1380. The van der Waals surface area contributed by atoms with Gasteiger partial charge in [-0.05, 0) is 67.6 Å². The van der Waals surface area contributed by atoms with Crippen molar-refractivity contribution in [2.24, 2.45) is 5.73 Å². The third kappa shape index (κ3) is 3.08. The number of allylic oxidation sites excluding steroid dienone is 3. The molecule has 5 rings (SSSR count). The molecule has 0 bridgehead atoms. The van der Waals surface area contributed by atoms with Gasteiger partial charge in [-0.2, -0.15) is 0 Å². The zero-order chi connectivity index (χ0) is 21.5. The van der Waals surface area contributed by atoms with E-state index in [1.165, 1.54) is 27.9 Å². The Labute approximate surface area is 182 Å². The summed E-state index contributed by atoms with van der Waals surface area (Å²) in [6, 6.07) is 10.2. The molecule has 2 N–H and O–H groups in total. The van der Waals surface area contributed by atoms with Crippen LogP contribution in [0.4, 0.5) is 0 Å². The normalized spacial score (nSPS) is 14.7. The molecular weight excluding hydrogens is 386 g/mol. The summed E-state index contributed by atoms with van der Waals surface area (Å²) in [5.41, 5.74) is 12.2. The fourth-order valence-electron chi connectivity index (χ4n) is 4.89. The highest BCUT2D eigenvalue weighted by Crippen LogP contribution is 2.32. The van der Waals surface area contributed by atoms with Gasteiger partial charge in [0, 0.05) is 23.1 Å². The van der Waals surface area contributed by atoms with Crippen molar-refractivity contribution in [1.29, 1.82) is 0 Å². The summed E-state index contributed by atoms with van der Waals surface area (Å²) in [6.45, 7) is 3.86. The minimum absolute atomic E-state index is 0.663. The lowest BCUT2D eigenvalue weighted by Crippen LogP contribution is -2.36. The van der Waals surface area contributed by atoms with Gasteiger partial charge in [0.1, 0.15) is 16.8 Å². The molecule has 0 unspecified atom stereocenters. The number of nitrogens with zero attached hydrogens (tertiary/aromatic N) is 2. The number of hydrogen-bond donors (Lipinski definition) is 1. The van der Waals surface area contributed by atoms with Crippen LogP contribution < -0.4 is 24.9 Å². The first kappa shape index (κ1) is 19.6. The molecule has 0 aliphatic carbocycles. The number of methoxy groups -OCH3 is 2. The highest BCUT2D eigenvalue weighted by Gasteiger charge is 2.31. The molecule has 3 heterocycles. The summed E-state index contributed by atoms with van der Waals surface area (Å²) in [7, 11) is 3.40. The predicted octanol–water partition coefficient (Wildman–Crippen LogP) is 3.14. The van der Waals surface area contributed by atoms with Crippen LogP contribution in [0, 0.1) is 5.71 Å². The van der Waals surface area contributed by atoms with Crippen LogP contribution in [-0.4, -0.2) is 25.4 Å². The second-order valence-corrected chi connectivity index (χ2v) is 8.03. The largest absolute Gasteiger partial charge is 0.497 e. The van der Waals surface area contributed by atoms with Crippen molar-refractivity contribution < 1.29 is 13.8 Å². The molecule has 3 aromatic rings. The van der Waals surface area contributed by atoms with Gasteiger partial charge < -0.3 is 15.2 Å². The standard InChI is InChI=1S/C26H28N3O2/c1-17-15-19(29-26(17)22(12-13-27)24-5-4-14-28(24)29)8-6-18-7-11-25(31-3)21-10-9-20(30-2)16-23(18)21/h5-11,15-16H,4,12-14,27H2,1-3H3/q+1/b8-6+. The number of nitrogens with two attached hydrogens (primary N) is 1. The Hall–Kier alpha value is -3.31. The molecule has 2 aromatic carbocycles. The van der Waals surface area contributed by atoms with E-state index in [-0.39, 0.29) is 0 Å². The first-order valence-corrected chi connectivity index (χ1v) is 10.8. The lowest BCUT2D eigenvalue weighted by molar-refractivity contribution is -0.612. The first-order chi connectivity index (χ1) is 15.2. The maximum atomic E-state index is 5.93. The fraction of sp³-hybridized carbons (Fsp3) is 0.269. The average molecular weight is 415 g/mol. The molecule has 5 nitrogen and oxygen atoms in total. The number of benzene rings is 2. The van der Waals surface area contributed by atoms with Crippen molar-refractivity contribution in [3.05, 3.63) is 70.4 Å². The monoisotopic (exact) mass is 414 g/mol. The molecule has 5 heteroatoms. The van der Waals surface area contributed by atoms with Gasteiger partial charge in [-0.15, -0.1) is 4.68 Å². The zero-order valence-corrected chi connectivity index (χ0v) is 18.3. The van der Waals surface area contributed by atoms with Crippen molar-refractivity contribution in [3.63, 3.8) is 0 Å². The summed E-state index contributed by atoms with van der Waals surface area (Å²) in [5, 5.41) is 3.51. The van der Waals surface area contributed by atoms with E-state index in [0.717, 1.165) is 47.2 Å². The number of ether oxygens (including phenoxy) is 2. The molecule has 0 spiro atoms. The molecule has 0 atom stereocenters. The molecular formula is C26H28N3O2+. The molecule has 0 saturated heterocycles. The van der Waals surface area contributed by atoms with E-state index in [0.29, 0.717) is 6.54 Å². The van der Waals surface area contributed by atoms with Crippen LogP contribution in [-0.2, 0) is 13.0 Å². The maximum absolute atomic E-state index is 5.93. The van der Waals surface area contributed by atoms with E-state index in [9.17, 15) is 0 Å². The van der Waals surface area contributed by atoms with Crippen LogP contribution in [0.15, 0.2) is 42.5 Å². The third-order valence-electron chi connectivity index (χ3n) is 6.25. The van der Waals surface area contributed by atoms with Crippen molar-refractivity contribution in [3.8, 4) is 11.5 Å². The van der Waals surface area contributed by atoms with E-state index in [2.05, 4.69) is 58.5 Å². The second-order valence-electron chi connectivity index (χ2n) is 8.03. The average Bonchev–Trinajstić information content (AvgIpc) is 3.46. The van der Waals surface area contributed by atoms with Crippen LogP contribution in [0.1, 0.15) is 30.2 Å². The summed E-state index contributed by atoms with van der Waals surface area (Å²) in [5.74, 6) is 1.70. The first-order valence-electron chi connectivity index (χ1n) is 10.8. The maximum Gasteiger partial charge on any atom is 0.245 e. The number of rotatable bonds is 6. The topological polar surface area (TPSA) is 55.3 Å². The number of hydrogen-bond acceptors (Lipinski definition) is 3. The van der Waals surface area contributed by atoms with Gasteiger partial charge in [-0.1, -0.05) is 16.5 Å². The fourth-order valence-corrected chi connectivity index (χ4v) is 4.89. The number of fused-ring (bicyclic) bond motifs is 4. The summed E-state index contributed by atoms with van der Waals surface area (Å²) in [4.78, 5) is 0. The van der Waals surface area contributed by atoms with E-state index in [1.54, 1.807) is 14.2 Å². The van der Waals surface area contributed by atoms with Crippen LogP contribution in [0.3, 0.4) is 0 Å². The number of aromatic nitrogens is 2. The van der Waals surface area contributed by atoms with Crippen LogP contribution in [0.25, 0.3) is 28.5 Å². The quantitative estimate of drug-likeness (QED) is 0.631.